The molecule has 3 nitrogen and oxygen atoms in total. The average molecular weight is 368 g/mol. The van der Waals surface area contributed by atoms with E-state index in [1.54, 1.807) is 24.3 Å². The Morgan fingerprint density at radius 3 is 2.62 bits per heavy atom. The molecule has 0 spiro atoms. The number of fused-ring (bicyclic) bond motifs is 1. The fourth-order valence-corrected chi connectivity index (χ4v) is 2.89. The second-order valence-corrected chi connectivity index (χ2v) is 6.41. The van der Waals surface area contributed by atoms with Crippen LogP contribution in [0.1, 0.15) is 16.8 Å². The van der Waals surface area contributed by atoms with Crippen LogP contribution in [0.3, 0.4) is 0 Å². The molecule has 0 saturated heterocycles. The van der Waals surface area contributed by atoms with E-state index in [0.717, 1.165) is 16.6 Å². The van der Waals surface area contributed by atoms with Gasteiger partial charge < -0.3 is 9.26 Å². The molecule has 1 aromatic heterocycles. The van der Waals surface area contributed by atoms with E-state index in [2.05, 4.69) is 5.16 Å². The highest BCUT2D eigenvalue weighted by Gasteiger charge is 2.11. The number of aromatic nitrogens is 1. The van der Waals surface area contributed by atoms with Gasteiger partial charge in [0.2, 0.25) is 0 Å². The summed E-state index contributed by atoms with van der Waals surface area (Å²) >= 11 is 5.92. The van der Waals surface area contributed by atoms with Crippen LogP contribution in [0.15, 0.2) is 71.3 Å². The van der Waals surface area contributed by atoms with Gasteiger partial charge in [-0.3, -0.25) is 0 Å². The molecule has 0 fully saturated rings. The SMILES string of the molecule is Fc1ccccc1COc1ccc2c(Cc3ccc(Cl)cc3)noc2c1. The number of nitrogens with zero attached hydrogens (tertiary/aromatic N) is 1. The van der Waals surface area contributed by atoms with Crippen molar-refractivity contribution in [1.29, 1.82) is 0 Å². The van der Waals surface area contributed by atoms with Crippen LogP contribution in [-0.4, -0.2) is 5.16 Å². The van der Waals surface area contributed by atoms with Gasteiger partial charge in [0, 0.05) is 28.5 Å². The van der Waals surface area contributed by atoms with E-state index < -0.39 is 0 Å². The number of hydrogen-bond donors (Lipinski definition) is 0. The van der Waals surface area contributed by atoms with Crippen molar-refractivity contribution >= 4 is 22.6 Å². The van der Waals surface area contributed by atoms with Crippen LogP contribution >= 0.6 is 11.6 Å². The fraction of sp³-hybridized carbons (Fsp3) is 0.0952. The molecule has 5 heteroatoms. The predicted octanol–water partition coefficient (Wildman–Crippen LogP) is 5.79. The largest absolute Gasteiger partial charge is 0.489 e. The number of halogens is 2. The molecular weight excluding hydrogens is 353 g/mol. The second kappa shape index (κ2) is 7.18. The normalized spacial score (nSPS) is 11.0. The van der Waals surface area contributed by atoms with Crippen LogP contribution < -0.4 is 4.74 Å². The summed E-state index contributed by atoms with van der Waals surface area (Å²) in [5.74, 6) is 0.327. The average Bonchev–Trinajstić information content (AvgIpc) is 3.05. The van der Waals surface area contributed by atoms with Gasteiger partial charge in [0.25, 0.3) is 0 Å². The molecule has 0 atom stereocenters. The minimum absolute atomic E-state index is 0.157. The third-order valence-corrected chi connectivity index (χ3v) is 4.41. The Kier molecular flexibility index (Phi) is 4.59. The van der Waals surface area contributed by atoms with Crippen molar-refractivity contribution < 1.29 is 13.7 Å². The molecule has 0 saturated carbocycles. The third-order valence-electron chi connectivity index (χ3n) is 4.16. The summed E-state index contributed by atoms with van der Waals surface area (Å²) in [6.07, 6.45) is 0.652. The Labute approximate surface area is 155 Å². The first-order valence-corrected chi connectivity index (χ1v) is 8.56. The van der Waals surface area contributed by atoms with Crippen LogP contribution in [0, 0.1) is 5.82 Å². The maximum Gasteiger partial charge on any atom is 0.170 e. The zero-order chi connectivity index (χ0) is 17.9. The molecule has 0 unspecified atom stereocenters. The fourth-order valence-electron chi connectivity index (χ4n) is 2.76. The molecule has 0 aliphatic rings. The van der Waals surface area contributed by atoms with Gasteiger partial charge in [0.15, 0.2) is 5.58 Å². The summed E-state index contributed by atoms with van der Waals surface area (Å²) in [7, 11) is 0. The smallest absolute Gasteiger partial charge is 0.170 e. The molecule has 0 N–H and O–H groups in total. The highest BCUT2D eigenvalue weighted by Crippen LogP contribution is 2.26. The van der Waals surface area contributed by atoms with E-state index in [9.17, 15) is 4.39 Å². The van der Waals surface area contributed by atoms with Gasteiger partial charge >= 0.3 is 0 Å². The Hall–Kier alpha value is -2.85. The molecule has 1 heterocycles. The van der Waals surface area contributed by atoms with Crippen LogP contribution in [0.2, 0.25) is 5.02 Å². The lowest BCUT2D eigenvalue weighted by Crippen LogP contribution is -1.98. The van der Waals surface area contributed by atoms with Gasteiger partial charge in [-0.1, -0.05) is 47.1 Å². The molecule has 0 radical (unpaired) electrons. The molecule has 0 amide bonds. The quantitative estimate of drug-likeness (QED) is 0.448. The number of rotatable bonds is 5. The van der Waals surface area contributed by atoms with Crippen molar-refractivity contribution in [1.82, 2.24) is 5.16 Å². The summed E-state index contributed by atoms with van der Waals surface area (Å²) in [6.45, 7) is 0.157. The lowest BCUT2D eigenvalue weighted by atomic mass is 10.1. The molecule has 4 rings (SSSR count). The van der Waals surface area contributed by atoms with E-state index in [-0.39, 0.29) is 12.4 Å². The summed E-state index contributed by atoms with van der Waals surface area (Å²) < 4.78 is 24.8. The summed E-state index contributed by atoms with van der Waals surface area (Å²) in [6, 6.07) is 19.7. The van der Waals surface area contributed by atoms with Crippen LogP contribution in [0.25, 0.3) is 11.0 Å². The minimum atomic E-state index is -0.279. The zero-order valence-corrected chi connectivity index (χ0v) is 14.5. The molecule has 3 aromatic carbocycles. The summed E-state index contributed by atoms with van der Waals surface area (Å²) in [5, 5.41) is 5.80. The van der Waals surface area contributed by atoms with E-state index in [1.165, 1.54) is 6.07 Å². The van der Waals surface area contributed by atoms with Gasteiger partial charge in [-0.25, -0.2) is 4.39 Å². The Morgan fingerprint density at radius 1 is 1.00 bits per heavy atom. The first kappa shape index (κ1) is 16.6. The minimum Gasteiger partial charge on any atom is -0.489 e. The lowest BCUT2D eigenvalue weighted by molar-refractivity contribution is 0.299. The van der Waals surface area contributed by atoms with Gasteiger partial charge in [0.1, 0.15) is 18.2 Å². The Bertz CT molecular complexity index is 1040. The topological polar surface area (TPSA) is 35.3 Å². The molecule has 26 heavy (non-hydrogen) atoms. The maximum atomic E-state index is 13.7. The molecule has 0 bridgehead atoms. The van der Waals surface area contributed by atoms with Crippen LogP contribution in [0.5, 0.6) is 5.75 Å². The molecule has 4 aromatic rings. The molecular formula is C21H15ClFNO2. The Balaban J connectivity index is 1.51. The highest BCUT2D eigenvalue weighted by atomic mass is 35.5. The summed E-state index contributed by atoms with van der Waals surface area (Å²) in [5.41, 5.74) is 3.10. The second-order valence-electron chi connectivity index (χ2n) is 5.97. The number of benzene rings is 3. The first-order valence-electron chi connectivity index (χ1n) is 8.18. The van der Waals surface area contributed by atoms with Crippen LogP contribution in [0.4, 0.5) is 4.39 Å². The van der Waals surface area contributed by atoms with Crippen molar-refractivity contribution in [3.63, 3.8) is 0 Å². The Morgan fingerprint density at radius 2 is 1.81 bits per heavy atom. The predicted molar refractivity (Wildman–Crippen MR) is 99.0 cm³/mol. The van der Waals surface area contributed by atoms with Gasteiger partial charge in [-0.05, 0) is 35.9 Å². The molecule has 0 aliphatic carbocycles. The molecule has 0 aliphatic heterocycles. The standard InChI is InChI=1S/C21H15ClFNO2/c22-16-7-5-14(6-8-16)11-20-18-10-9-17(12-21(18)26-24-20)25-13-15-3-1-2-4-19(15)23/h1-10,12H,11,13H2. The van der Waals surface area contributed by atoms with Crippen molar-refractivity contribution in [3.05, 3.63) is 94.4 Å². The monoisotopic (exact) mass is 367 g/mol. The first-order chi connectivity index (χ1) is 12.7. The van der Waals surface area contributed by atoms with E-state index in [4.69, 9.17) is 20.9 Å². The van der Waals surface area contributed by atoms with Crippen molar-refractivity contribution in [2.75, 3.05) is 0 Å². The third kappa shape index (κ3) is 3.55. The summed E-state index contributed by atoms with van der Waals surface area (Å²) in [4.78, 5) is 0. The number of ether oxygens (including phenoxy) is 1. The lowest BCUT2D eigenvalue weighted by Gasteiger charge is -2.06. The zero-order valence-electron chi connectivity index (χ0n) is 13.8. The van der Waals surface area contributed by atoms with Gasteiger partial charge in [-0.2, -0.15) is 0 Å². The van der Waals surface area contributed by atoms with Crippen molar-refractivity contribution in [2.24, 2.45) is 0 Å². The van der Waals surface area contributed by atoms with Crippen molar-refractivity contribution in [3.8, 4) is 5.75 Å². The van der Waals surface area contributed by atoms with Gasteiger partial charge in [-0.15, -0.1) is 0 Å². The van der Waals surface area contributed by atoms with E-state index in [0.29, 0.717) is 28.3 Å². The van der Waals surface area contributed by atoms with E-state index in [1.807, 2.05) is 36.4 Å². The van der Waals surface area contributed by atoms with Gasteiger partial charge in [0.05, 0.1) is 5.69 Å². The van der Waals surface area contributed by atoms with Crippen molar-refractivity contribution in [2.45, 2.75) is 13.0 Å². The molecule has 130 valence electrons. The highest BCUT2D eigenvalue weighted by molar-refractivity contribution is 6.30. The van der Waals surface area contributed by atoms with Crippen LogP contribution in [-0.2, 0) is 13.0 Å². The van der Waals surface area contributed by atoms with E-state index >= 15 is 0 Å². The number of hydrogen-bond acceptors (Lipinski definition) is 3. The maximum absolute atomic E-state index is 13.7.